The summed E-state index contributed by atoms with van der Waals surface area (Å²) in [5.74, 6) is -0.624. The first-order valence-electron chi connectivity index (χ1n) is 10.8. The highest BCUT2D eigenvalue weighted by atomic mass is 16.5. The first-order valence-corrected chi connectivity index (χ1v) is 10.8. The third-order valence-corrected chi connectivity index (χ3v) is 7.48. The van der Waals surface area contributed by atoms with E-state index in [1.807, 2.05) is 6.92 Å². The number of methoxy groups -OCH3 is 3. The van der Waals surface area contributed by atoms with Crippen molar-refractivity contribution in [2.75, 3.05) is 28.4 Å². The van der Waals surface area contributed by atoms with Gasteiger partial charge in [0.15, 0.2) is 28.5 Å². The lowest BCUT2D eigenvalue weighted by atomic mass is 9.69. The predicted octanol–water partition coefficient (Wildman–Crippen LogP) is 2.02. The topological polar surface area (TPSA) is 102 Å². The van der Waals surface area contributed by atoms with E-state index in [0.717, 1.165) is 0 Å². The van der Waals surface area contributed by atoms with Gasteiger partial charge < -0.3 is 19.3 Å². The summed E-state index contributed by atoms with van der Waals surface area (Å²) in [5.41, 5.74) is -2.24. The highest BCUT2D eigenvalue weighted by Gasteiger charge is 2.73. The van der Waals surface area contributed by atoms with Crippen LogP contribution in [0.2, 0.25) is 0 Å². The van der Waals surface area contributed by atoms with Gasteiger partial charge in [-0.15, -0.1) is 0 Å². The number of likely N-dealkylation sites (N-methyl/N-ethyl adjacent to an activating group) is 1. The van der Waals surface area contributed by atoms with E-state index in [2.05, 4.69) is 0 Å². The average molecular weight is 443 g/mol. The number of esters is 1. The second-order valence-electron chi connectivity index (χ2n) is 8.60. The fraction of sp³-hybridized carbons (Fsp3) is 0.542. The molecular formula is C24H29NO7. The van der Waals surface area contributed by atoms with Crippen LogP contribution in [-0.2, 0) is 19.9 Å². The molecule has 1 saturated carbocycles. The minimum absolute atomic E-state index is 0.174. The minimum Gasteiger partial charge on any atom is -0.493 e. The van der Waals surface area contributed by atoms with Gasteiger partial charge in [-0.1, -0.05) is 13.0 Å². The Kier molecular flexibility index (Phi) is 5.41. The van der Waals surface area contributed by atoms with Crippen molar-refractivity contribution >= 4 is 17.5 Å². The Hall–Kier alpha value is -2.71. The number of benzene rings is 1. The van der Waals surface area contributed by atoms with Gasteiger partial charge in [0.25, 0.3) is 0 Å². The zero-order chi connectivity index (χ0) is 23.4. The number of ether oxygens (including phenoxy) is 3. The molecule has 1 spiro atoms. The number of allylic oxidation sites excluding steroid dienone is 1. The monoisotopic (exact) mass is 443 g/mol. The largest absolute Gasteiger partial charge is 0.493 e. The molecule has 1 aliphatic heterocycles. The molecule has 3 aliphatic rings. The van der Waals surface area contributed by atoms with Crippen molar-refractivity contribution in [3.63, 3.8) is 0 Å². The number of carbonyl (C=O) groups excluding carboxylic acids is 3. The summed E-state index contributed by atoms with van der Waals surface area (Å²) >= 11 is 0. The number of nitrogens with zero attached hydrogens (tertiary/aromatic N) is 1. The van der Waals surface area contributed by atoms with E-state index in [1.54, 1.807) is 30.2 Å². The molecule has 0 amide bonds. The van der Waals surface area contributed by atoms with Crippen molar-refractivity contribution in [3.8, 4) is 11.5 Å². The normalized spacial score (nSPS) is 31.8. The summed E-state index contributed by atoms with van der Waals surface area (Å²) in [5, 5.41) is 11.8. The van der Waals surface area contributed by atoms with E-state index in [4.69, 9.17) is 14.2 Å². The fourth-order valence-corrected chi connectivity index (χ4v) is 5.97. The molecule has 1 heterocycles. The predicted molar refractivity (Wildman–Crippen MR) is 115 cm³/mol. The first-order chi connectivity index (χ1) is 15.3. The summed E-state index contributed by atoms with van der Waals surface area (Å²) in [6.45, 7) is 1.85. The van der Waals surface area contributed by atoms with E-state index < -0.39 is 34.9 Å². The molecule has 8 nitrogen and oxygen atoms in total. The van der Waals surface area contributed by atoms with Crippen molar-refractivity contribution in [1.82, 2.24) is 4.90 Å². The lowest BCUT2D eigenvalue weighted by Crippen LogP contribution is -2.64. The third kappa shape index (κ3) is 2.48. The van der Waals surface area contributed by atoms with Crippen LogP contribution in [0.4, 0.5) is 0 Å². The molecule has 1 aromatic rings. The Morgan fingerprint density at radius 1 is 1.19 bits per heavy atom. The van der Waals surface area contributed by atoms with Gasteiger partial charge in [-0.3, -0.25) is 19.3 Å². The highest BCUT2D eigenvalue weighted by molar-refractivity contribution is 6.18. The summed E-state index contributed by atoms with van der Waals surface area (Å²) < 4.78 is 15.9. The van der Waals surface area contributed by atoms with Crippen LogP contribution in [0.5, 0.6) is 11.5 Å². The number of aliphatic hydroxyl groups is 1. The molecule has 0 radical (unpaired) electrons. The number of hydrogen-bond acceptors (Lipinski definition) is 8. The zero-order valence-corrected chi connectivity index (χ0v) is 19.1. The molecule has 32 heavy (non-hydrogen) atoms. The number of carbonyl (C=O) groups is 3. The number of fused-ring (bicyclic) bond motifs is 3. The molecule has 1 N–H and O–H groups in total. The van der Waals surface area contributed by atoms with E-state index in [9.17, 15) is 19.5 Å². The van der Waals surface area contributed by atoms with E-state index in [-0.39, 0.29) is 12.2 Å². The highest BCUT2D eigenvalue weighted by Crippen LogP contribution is 2.60. The van der Waals surface area contributed by atoms with Crippen molar-refractivity contribution in [1.29, 1.82) is 0 Å². The van der Waals surface area contributed by atoms with Crippen LogP contribution in [0.25, 0.3) is 0 Å². The van der Waals surface area contributed by atoms with Crippen LogP contribution in [0.1, 0.15) is 48.5 Å². The van der Waals surface area contributed by atoms with Gasteiger partial charge in [-0.2, -0.15) is 0 Å². The fourth-order valence-electron chi connectivity index (χ4n) is 5.97. The number of ketones is 2. The standard InChI is InChI=1S/C24H29NO7/c1-6-16-19(26)13-11-17(30-3)18(31-4)12-15(13)24(25(16)2)20(27)14-9-7-8-10-23(14,21(24)28)22(29)32-5/h9,11-12,16,20,27H,6-8,10H2,1-5H3/t16-,20-,23-,24-/m0/s1. The number of rotatable bonds is 4. The Balaban J connectivity index is 2.10. The lowest BCUT2D eigenvalue weighted by Gasteiger charge is -2.48. The summed E-state index contributed by atoms with van der Waals surface area (Å²) in [7, 11) is 5.84. The maximum Gasteiger partial charge on any atom is 0.323 e. The van der Waals surface area contributed by atoms with Crippen molar-refractivity contribution in [2.24, 2.45) is 5.41 Å². The van der Waals surface area contributed by atoms with E-state index >= 15 is 0 Å². The van der Waals surface area contributed by atoms with Crippen LogP contribution < -0.4 is 9.47 Å². The van der Waals surface area contributed by atoms with Crippen LogP contribution in [0.15, 0.2) is 23.8 Å². The van der Waals surface area contributed by atoms with Gasteiger partial charge in [0.05, 0.1) is 27.4 Å². The molecular weight excluding hydrogens is 414 g/mol. The molecule has 4 atom stereocenters. The summed E-state index contributed by atoms with van der Waals surface area (Å²) in [6.07, 6.45) is 2.40. The molecule has 0 unspecified atom stereocenters. The quantitative estimate of drug-likeness (QED) is 0.428. The molecule has 1 fully saturated rings. The molecule has 8 heteroatoms. The van der Waals surface area contributed by atoms with E-state index in [1.165, 1.54) is 21.3 Å². The minimum atomic E-state index is -1.63. The van der Waals surface area contributed by atoms with Crippen molar-refractivity contribution in [3.05, 3.63) is 34.9 Å². The maximum atomic E-state index is 14.4. The first kappa shape index (κ1) is 22.5. The zero-order valence-electron chi connectivity index (χ0n) is 19.1. The molecule has 0 bridgehead atoms. The molecule has 4 rings (SSSR count). The molecule has 0 saturated heterocycles. The van der Waals surface area contributed by atoms with Crippen LogP contribution in [0.3, 0.4) is 0 Å². The van der Waals surface area contributed by atoms with Crippen LogP contribution >= 0.6 is 0 Å². The number of Topliss-reactive ketones (excluding diaryl/α,β-unsaturated/α-hetero) is 2. The second-order valence-corrected chi connectivity index (χ2v) is 8.60. The van der Waals surface area contributed by atoms with Gasteiger partial charge in [0.2, 0.25) is 0 Å². The van der Waals surface area contributed by atoms with Gasteiger partial charge in [-0.05, 0) is 56.0 Å². The Morgan fingerprint density at radius 3 is 2.44 bits per heavy atom. The third-order valence-electron chi connectivity index (χ3n) is 7.48. The lowest BCUT2D eigenvalue weighted by molar-refractivity contribution is -0.158. The summed E-state index contributed by atoms with van der Waals surface area (Å²) in [4.78, 5) is 42.6. The Labute approximate surface area is 187 Å². The van der Waals surface area contributed by atoms with Gasteiger partial charge in [0, 0.05) is 5.56 Å². The average Bonchev–Trinajstić information content (AvgIpc) is 3.02. The molecule has 0 aromatic heterocycles. The van der Waals surface area contributed by atoms with Crippen LogP contribution in [-0.4, -0.2) is 68.1 Å². The second kappa shape index (κ2) is 7.71. The van der Waals surface area contributed by atoms with Gasteiger partial charge >= 0.3 is 5.97 Å². The smallest absolute Gasteiger partial charge is 0.323 e. The molecule has 2 aliphatic carbocycles. The molecule has 172 valence electrons. The Morgan fingerprint density at radius 2 is 1.84 bits per heavy atom. The molecule has 1 aromatic carbocycles. The van der Waals surface area contributed by atoms with Gasteiger partial charge in [-0.25, -0.2) is 0 Å². The summed E-state index contributed by atoms with van der Waals surface area (Å²) in [6, 6.07) is 2.49. The maximum absolute atomic E-state index is 14.4. The number of aliphatic hydroxyl groups excluding tert-OH is 1. The van der Waals surface area contributed by atoms with Crippen molar-refractivity contribution in [2.45, 2.75) is 50.3 Å². The Bertz CT molecular complexity index is 1030. The van der Waals surface area contributed by atoms with Crippen LogP contribution in [0, 0.1) is 5.41 Å². The van der Waals surface area contributed by atoms with Crippen molar-refractivity contribution < 1.29 is 33.7 Å². The van der Waals surface area contributed by atoms with E-state index in [0.29, 0.717) is 47.5 Å². The SMILES string of the molecule is CC[C@H]1C(=O)c2cc(OC)c(OC)cc2[C@]2(C(=O)[C@]3(C(=O)OC)CCCC=C3[C@@H]2O)N1C. The van der Waals surface area contributed by atoms with Gasteiger partial charge in [0.1, 0.15) is 11.6 Å². The number of hydrogen-bond donors (Lipinski definition) is 1.